The second-order valence-electron chi connectivity index (χ2n) is 5.97. The third-order valence-electron chi connectivity index (χ3n) is 4.33. The van der Waals surface area contributed by atoms with Crippen LogP contribution in [0.2, 0.25) is 0 Å². The minimum atomic E-state index is -0.271. The first-order valence-corrected chi connectivity index (χ1v) is 8.62. The van der Waals surface area contributed by atoms with Crippen molar-refractivity contribution < 1.29 is 14.3 Å². The molecule has 0 aliphatic rings. The first kappa shape index (κ1) is 17.7. The number of carbonyl (C=O) groups is 2. The fraction of sp³-hybridized carbons (Fsp3) is 0.182. The molecule has 0 radical (unpaired) electrons. The molecule has 4 nitrogen and oxygen atoms in total. The average Bonchev–Trinajstić information content (AvgIpc) is 2.92. The Kier molecular flexibility index (Phi) is 5.32. The summed E-state index contributed by atoms with van der Waals surface area (Å²) in [6.45, 7) is 4.25. The molecule has 0 aliphatic carbocycles. The summed E-state index contributed by atoms with van der Waals surface area (Å²) >= 11 is 0. The number of ketones is 1. The summed E-state index contributed by atoms with van der Waals surface area (Å²) in [5.41, 5.74) is 3.46. The van der Waals surface area contributed by atoms with Gasteiger partial charge in [0.25, 0.3) is 0 Å². The smallest absolute Gasteiger partial charge is 0.325 e. The Labute approximate surface area is 152 Å². The van der Waals surface area contributed by atoms with Gasteiger partial charge in [-0.25, -0.2) is 0 Å². The number of fused-ring (bicyclic) bond motifs is 1. The molecule has 0 N–H and O–H groups in total. The first-order chi connectivity index (χ1) is 12.6. The number of allylic oxidation sites excluding steroid dienone is 1. The van der Waals surface area contributed by atoms with Gasteiger partial charge in [0, 0.05) is 27.7 Å². The Balaban J connectivity index is 1.98. The lowest BCUT2D eigenvalue weighted by Gasteiger charge is -2.07. The van der Waals surface area contributed by atoms with Crippen LogP contribution in [0.15, 0.2) is 60.7 Å². The molecule has 26 heavy (non-hydrogen) atoms. The van der Waals surface area contributed by atoms with E-state index in [1.54, 1.807) is 25.1 Å². The van der Waals surface area contributed by atoms with Crippen molar-refractivity contribution in [1.29, 1.82) is 0 Å². The summed E-state index contributed by atoms with van der Waals surface area (Å²) in [4.78, 5) is 24.3. The summed E-state index contributed by atoms with van der Waals surface area (Å²) in [7, 11) is 0. The van der Waals surface area contributed by atoms with Gasteiger partial charge in [-0.2, -0.15) is 0 Å². The van der Waals surface area contributed by atoms with Gasteiger partial charge in [-0.3, -0.25) is 9.59 Å². The van der Waals surface area contributed by atoms with E-state index in [1.807, 2.05) is 60.0 Å². The Morgan fingerprint density at radius 1 is 1.04 bits per heavy atom. The van der Waals surface area contributed by atoms with E-state index in [0.29, 0.717) is 12.2 Å². The van der Waals surface area contributed by atoms with Gasteiger partial charge in [-0.15, -0.1) is 0 Å². The first-order valence-electron chi connectivity index (χ1n) is 8.62. The molecule has 0 aliphatic heterocycles. The number of ether oxygens (including phenoxy) is 1. The highest BCUT2D eigenvalue weighted by Gasteiger charge is 2.15. The minimum Gasteiger partial charge on any atom is -0.465 e. The molecule has 4 heteroatoms. The molecule has 3 rings (SSSR count). The maximum Gasteiger partial charge on any atom is 0.325 e. The third kappa shape index (κ3) is 3.59. The van der Waals surface area contributed by atoms with E-state index in [-0.39, 0.29) is 18.3 Å². The van der Waals surface area contributed by atoms with Crippen LogP contribution in [0.1, 0.15) is 28.5 Å². The molecule has 0 amide bonds. The van der Waals surface area contributed by atoms with E-state index in [4.69, 9.17) is 4.74 Å². The van der Waals surface area contributed by atoms with Crippen molar-refractivity contribution in [1.82, 2.24) is 4.57 Å². The van der Waals surface area contributed by atoms with E-state index in [1.165, 1.54) is 0 Å². The number of benzene rings is 2. The largest absolute Gasteiger partial charge is 0.465 e. The molecule has 0 fully saturated rings. The third-order valence-corrected chi connectivity index (χ3v) is 4.33. The average molecular weight is 347 g/mol. The van der Waals surface area contributed by atoms with Crippen LogP contribution in [0.3, 0.4) is 0 Å². The van der Waals surface area contributed by atoms with E-state index in [2.05, 4.69) is 0 Å². The zero-order valence-electron chi connectivity index (χ0n) is 14.9. The maximum absolute atomic E-state index is 12.4. The molecule has 1 aromatic heterocycles. The number of rotatable bonds is 6. The quantitative estimate of drug-likeness (QED) is 0.377. The maximum atomic E-state index is 12.4. The SMILES string of the molecule is CCOC(=O)Cn1c(C)c(/C=C/C(=O)c2ccccc2)c2ccccc21. The molecule has 0 saturated carbocycles. The lowest BCUT2D eigenvalue weighted by Crippen LogP contribution is -2.14. The summed E-state index contributed by atoms with van der Waals surface area (Å²) in [5.74, 6) is -0.320. The van der Waals surface area contributed by atoms with Crippen LogP contribution in [-0.2, 0) is 16.1 Å². The zero-order chi connectivity index (χ0) is 18.5. The van der Waals surface area contributed by atoms with E-state index < -0.39 is 0 Å². The molecule has 0 spiro atoms. The normalized spacial score (nSPS) is 11.2. The molecule has 0 saturated heterocycles. The van der Waals surface area contributed by atoms with Crippen LogP contribution in [0.5, 0.6) is 0 Å². The summed E-state index contributed by atoms with van der Waals surface area (Å²) < 4.78 is 7.01. The van der Waals surface area contributed by atoms with E-state index in [9.17, 15) is 9.59 Å². The lowest BCUT2D eigenvalue weighted by atomic mass is 10.1. The van der Waals surface area contributed by atoms with Gasteiger partial charge < -0.3 is 9.30 Å². The van der Waals surface area contributed by atoms with Gasteiger partial charge in [0.05, 0.1) is 6.61 Å². The molecular weight excluding hydrogens is 326 g/mol. The van der Waals surface area contributed by atoms with Gasteiger partial charge in [0.15, 0.2) is 5.78 Å². The van der Waals surface area contributed by atoms with E-state index >= 15 is 0 Å². The van der Waals surface area contributed by atoms with Crippen molar-refractivity contribution in [2.45, 2.75) is 20.4 Å². The van der Waals surface area contributed by atoms with Gasteiger partial charge >= 0.3 is 5.97 Å². The highest BCUT2D eigenvalue weighted by Crippen LogP contribution is 2.27. The fourth-order valence-corrected chi connectivity index (χ4v) is 3.07. The van der Waals surface area contributed by atoms with Crippen molar-refractivity contribution in [2.75, 3.05) is 6.61 Å². The van der Waals surface area contributed by atoms with Crippen molar-refractivity contribution in [3.8, 4) is 0 Å². The van der Waals surface area contributed by atoms with Crippen LogP contribution in [0.4, 0.5) is 0 Å². The molecule has 2 aromatic carbocycles. The fourth-order valence-electron chi connectivity index (χ4n) is 3.07. The van der Waals surface area contributed by atoms with Crippen molar-refractivity contribution in [2.24, 2.45) is 0 Å². The van der Waals surface area contributed by atoms with Crippen molar-refractivity contribution in [3.63, 3.8) is 0 Å². The Bertz CT molecular complexity index is 968. The molecular formula is C22H21NO3. The molecule has 1 heterocycles. The highest BCUT2D eigenvalue weighted by molar-refractivity contribution is 6.08. The molecule has 3 aromatic rings. The predicted molar refractivity (Wildman–Crippen MR) is 103 cm³/mol. The molecule has 0 atom stereocenters. The predicted octanol–water partition coefficient (Wildman–Crippen LogP) is 4.41. The lowest BCUT2D eigenvalue weighted by molar-refractivity contribution is -0.143. The Hall–Kier alpha value is -3.14. The Morgan fingerprint density at radius 3 is 2.46 bits per heavy atom. The zero-order valence-corrected chi connectivity index (χ0v) is 14.9. The standard InChI is InChI=1S/C22H21NO3/c1-3-26-22(25)15-23-16(2)18(19-11-7-8-12-20(19)23)13-14-21(24)17-9-5-4-6-10-17/h4-14H,3,15H2,1-2H3/b14-13+. The summed E-state index contributed by atoms with van der Waals surface area (Å²) in [6.07, 6.45) is 3.41. The number of hydrogen-bond acceptors (Lipinski definition) is 3. The van der Waals surface area contributed by atoms with Gasteiger partial charge in [-0.05, 0) is 32.1 Å². The van der Waals surface area contributed by atoms with Crippen molar-refractivity contribution in [3.05, 3.63) is 77.5 Å². The molecule has 132 valence electrons. The van der Waals surface area contributed by atoms with Gasteiger partial charge in [0.1, 0.15) is 6.54 Å². The number of aromatic nitrogens is 1. The van der Waals surface area contributed by atoms with Crippen LogP contribution < -0.4 is 0 Å². The monoisotopic (exact) mass is 347 g/mol. The number of para-hydroxylation sites is 1. The van der Waals surface area contributed by atoms with Gasteiger partial charge in [0.2, 0.25) is 0 Å². The number of carbonyl (C=O) groups excluding carboxylic acids is 2. The van der Waals surface area contributed by atoms with E-state index in [0.717, 1.165) is 22.2 Å². The number of esters is 1. The van der Waals surface area contributed by atoms with Crippen LogP contribution in [0.25, 0.3) is 17.0 Å². The number of hydrogen-bond donors (Lipinski definition) is 0. The molecule has 0 unspecified atom stereocenters. The second-order valence-corrected chi connectivity index (χ2v) is 5.97. The molecule has 0 bridgehead atoms. The summed E-state index contributed by atoms with van der Waals surface area (Å²) in [5, 5.41) is 1.01. The number of nitrogens with zero attached hydrogens (tertiary/aromatic N) is 1. The second kappa shape index (κ2) is 7.83. The topological polar surface area (TPSA) is 48.3 Å². The van der Waals surface area contributed by atoms with Crippen molar-refractivity contribution >= 4 is 28.7 Å². The Morgan fingerprint density at radius 2 is 1.73 bits per heavy atom. The van der Waals surface area contributed by atoms with Gasteiger partial charge in [-0.1, -0.05) is 48.5 Å². The summed E-state index contributed by atoms with van der Waals surface area (Å²) in [6, 6.07) is 17.0. The minimum absolute atomic E-state index is 0.0489. The van der Waals surface area contributed by atoms with Crippen LogP contribution in [-0.4, -0.2) is 22.9 Å². The highest BCUT2D eigenvalue weighted by atomic mass is 16.5. The van der Waals surface area contributed by atoms with Crippen LogP contribution in [0, 0.1) is 6.92 Å². The van der Waals surface area contributed by atoms with Crippen LogP contribution >= 0.6 is 0 Å².